The monoisotopic (exact) mass is 344 g/mol. The highest BCUT2D eigenvalue weighted by atomic mass is 19.4. The summed E-state index contributed by atoms with van der Waals surface area (Å²) in [6.07, 6.45) is 1.34. The van der Waals surface area contributed by atoms with Gasteiger partial charge in [-0.15, -0.1) is 0 Å². The van der Waals surface area contributed by atoms with Gasteiger partial charge >= 0.3 is 6.18 Å². The number of hydrogen-bond acceptors (Lipinski definition) is 4. The first-order valence-corrected chi connectivity index (χ1v) is 8.36. The maximum atomic E-state index is 12.6. The lowest BCUT2D eigenvalue weighted by Gasteiger charge is -2.26. The molecule has 2 atom stereocenters. The van der Waals surface area contributed by atoms with E-state index in [4.69, 9.17) is 10.6 Å². The fraction of sp³-hybridized carbons (Fsp3) is 0.750. The van der Waals surface area contributed by atoms with Crippen LogP contribution in [0.25, 0.3) is 0 Å². The lowest BCUT2D eigenvalue weighted by atomic mass is 9.82. The Morgan fingerprint density at radius 2 is 2.08 bits per heavy atom. The van der Waals surface area contributed by atoms with Gasteiger partial charge in [-0.25, -0.2) is 0 Å². The molecular weight excluding hydrogens is 321 g/mol. The zero-order chi connectivity index (χ0) is 17.3. The fourth-order valence-electron chi connectivity index (χ4n) is 3.38. The molecule has 1 aromatic heterocycles. The molecule has 5 nitrogen and oxygen atoms in total. The highest BCUT2D eigenvalue weighted by Crippen LogP contribution is 2.50. The fourth-order valence-corrected chi connectivity index (χ4v) is 3.38. The lowest BCUT2D eigenvalue weighted by Crippen LogP contribution is -2.31. The van der Waals surface area contributed by atoms with Gasteiger partial charge in [0.1, 0.15) is 12.3 Å². The van der Waals surface area contributed by atoms with Crippen molar-refractivity contribution < 1.29 is 18.0 Å². The Labute approximate surface area is 139 Å². The second-order valence-electron chi connectivity index (χ2n) is 6.87. The summed E-state index contributed by atoms with van der Waals surface area (Å²) in [5.41, 5.74) is 7.57. The third-order valence-corrected chi connectivity index (χ3v) is 5.04. The molecule has 0 radical (unpaired) electrons. The van der Waals surface area contributed by atoms with Crippen molar-refractivity contribution in [2.24, 2.45) is 35.7 Å². The highest BCUT2D eigenvalue weighted by Gasteiger charge is 2.56. The molecule has 1 heterocycles. The molecule has 2 N–H and O–H groups in total. The lowest BCUT2D eigenvalue weighted by molar-refractivity contribution is -0.152. The zero-order valence-electron chi connectivity index (χ0n) is 13.7. The van der Waals surface area contributed by atoms with Crippen molar-refractivity contribution in [1.82, 2.24) is 9.78 Å². The number of nitrogens with two attached hydrogens (primary N) is 1. The highest BCUT2D eigenvalue weighted by molar-refractivity contribution is 6.00. The first-order valence-electron chi connectivity index (χ1n) is 8.36. The van der Waals surface area contributed by atoms with E-state index in [1.165, 1.54) is 0 Å². The summed E-state index contributed by atoms with van der Waals surface area (Å²) in [5.74, 6) is -1.50. The first-order chi connectivity index (χ1) is 11.4. The van der Waals surface area contributed by atoms with Crippen molar-refractivity contribution in [1.29, 1.82) is 0 Å². The Morgan fingerprint density at radius 1 is 1.38 bits per heavy atom. The summed E-state index contributed by atoms with van der Waals surface area (Å²) in [7, 11) is 1.82. The Morgan fingerprint density at radius 3 is 2.62 bits per heavy atom. The number of aromatic nitrogens is 2. The van der Waals surface area contributed by atoms with Gasteiger partial charge in [0.2, 0.25) is 0 Å². The molecule has 0 spiro atoms. The average molecular weight is 344 g/mol. The Bertz CT molecular complexity index is 590. The second kappa shape index (κ2) is 6.74. The summed E-state index contributed by atoms with van der Waals surface area (Å²) in [5, 5.41) is 8.37. The van der Waals surface area contributed by atoms with E-state index in [0.717, 1.165) is 37.1 Å². The van der Waals surface area contributed by atoms with E-state index >= 15 is 0 Å². The molecule has 24 heavy (non-hydrogen) atoms. The molecule has 2 saturated carbocycles. The smallest absolute Gasteiger partial charge is 0.392 e. The van der Waals surface area contributed by atoms with Crippen LogP contribution >= 0.6 is 0 Å². The van der Waals surface area contributed by atoms with E-state index in [2.05, 4.69) is 10.3 Å². The van der Waals surface area contributed by atoms with Crippen molar-refractivity contribution in [3.8, 4) is 0 Å². The molecule has 1 aromatic rings. The minimum Gasteiger partial charge on any atom is -0.395 e. The van der Waals surface area contributed by atoms with Gasteiger partial charge in [0.15, 0.2) is 0 Å². The molecule has 134 valence electrons. The molecular formula is C16H23F3N4O. The van der Waals surface area contributed by atoms with E-state index in [1.54, 1.807) is 10.9 Å². The van der Waals surface area contributed by atoms with Crippen molar-refractivity contribution >= 4 is 5.71 Å². The zero-order valence-corrected chi connectivity index (χ0v) is 13.7. The molecule has 3 rings (SSSR count). The number of hydrogen-bond donors (Lipinski definition) is 1. The predicted octanol–water partition coefficient (Wildman–Crippen LogP) is 2.86. The second-order valence-corrected chi connectivity index (χ2v) is 6.87. The van der Waals surface area contributed by atoms with Crippen molar-refractivity contribution in [2.75, 3.05) is 6.61 Å². The van der Waals surface area contributed by atoms with Gasteiger partial charge in [0.25, 0.3) is 0 Å². The number of halogens is 3. The first kappa shape index (κ1) is 17.3. The predicted molar refractivity (Wildman–Crippen MR) is 83.3 cm³/mol. The van der Waals surface area contributed by atoms with E-state index in [1.807, 2.05) is 13.1 Å². The summed E-state index contributed by atoms with van der Waals surface area (Å²) in [6.45, 7) is 0.0117. The normalized spacial score (nSPS) is 31.1. The van der Waals surface area contributed by atoms with Crippen LogP contribution in [0.1, 0.15) is 37.8 Å². The van der Waals surface area contributed by atoms with Crippen LogP contribution in [0.4, 0.5) is 13.2 Å². The van der Waals surface area contributed by atoms with Crippen LogP contribution in [0, 0.1) is 17.8 Å². The molecule has 2 aliphatic rings. The van der Waals surface area contributed by atoms with E-state index in [9.17, 15) is 13.2 Å². The van der Waals surface area contributed by atoms with E-state index < -0.39 is 18.0 Å². The summed E-state index contributed by atoms with van der Waals surface area (Å²) < 4.78 is 39.4. The standard InChI is InChI=1S/C16H23F3N4O/c1-23-14(6-7-21-23)15(10-2-4-12(20)5-3-10)22-24-9-11-8-13(11)16(17,18)19/h6-7,10-13H,2-5,8-9,20H2,1H3/b22-15-. The van der Waals surface area contributed by atoms with Crippen LogP contribution in [0.3, 0.4) is 0 Å². The quantitative estimate of drug-likeness (QED) is 0.660. The van der Waals surface area contributed by atoms with E-state index in [-0.39, 0.29) is 25.0 Å². The van der Waals surface area contributed by atoms with Crippen LogP contribution in [0.2, 0.25) is 0 Å². The third kappa shape index (κ3) is 3.91. The summed E-state index contributed by atoms with van der Waals surface area (Å²) in [6, 6.07) is 2.07. The topological polar surface area (TPSA) is 65.4 Å². The van der Waals surface area contributed by atoms with Gasteiger partial charge in [-0.3, -0.25) is 4.68 Å². The van der Waals surface area contributed by atoms with Crippen molar-refractivity contribution in [3.05, 3.63) is 18.0 Å². The molecule has 0 amide bonds. The maximum absolute atomic E-state index is 12.6. The van der Waals surface area contributed by atoms with Gasteiger partial charge in [0.05, 0.1) is 11.6 Å². The molecule has 0 aromatic carbocycles. The van der Waals surface area contributed by atoms with Crippen LogP contribution in [-0.2, 0) is 11.9 Å². The number of aryl methyl sites for hydroxylation is 1. The number of alkyl halides is 3. The number of oxime groups is 1. The molecule has 0 aliphatic heterocycles. The number of rotatable bonds is 5. The minimum atomic E-state index is -4.12. The Balaban J connectivity index is 1.65. The van der Waals surface area contributed by atoms with Crippen LogP contribution in [0.15, 0.2) is 17.4 Å². The molecule has 0 saturated heterocycles. The van der Waals surface area contributed by atoms with Crippen LogP contribution in [-0.4, -0.2) is 34.3 Å². The molecule has 2 fully saturated rings. The average Bonchev–Trinajstić information content (AvgIpc) is 3.19. The Kier molecular flexibility index (Phi) is 4.85. The van der Waals surface area contributed by atoms with Gasteiger partial charge in [-0.1, -0.05) is 5.16 Å². The number of nitrogens with zero attached hydrogens (tertiary/aromatic N) is 3. The van der Waals surface area contributed by atoms with Crippen LogP contribution in [0.5, 0.6) is 0 Å². The molecule has 0 bridgehead atoms. The Hall–Kier alpha value is -1.57. The van der Waals surface area contributed by atoms with Crippen LogP contribution < -0.4 is 5.73 Å². The van der Waals surface area contributed by atoms with Gasteiger partial charge in [-0.05, 0) is 38.2 Å². The van der Waals surface area contributed by atoms with Gasteiger partial charge < -0.3 is 10.6 Å². The van der Waals surface area contributed by atoms with Crippen molar-refractivity contribution in [3.63, 3.8) is 0 Å². The third-order valence-electron chi connectivity index (χ3n) is 5.04. The van der Waals surface area contributed by atoms with Gasteiger partial charge in [0, 0.05) is 31.1 Å². The largest absolute Gasteiger partial charge is 0.395 e. The summed E-state index contributed by atoms with van der Waals surface area (Å²) >= 11 is 0. The van der Waals surface area contributed by atoms with E-state index in [0.29, 0.717) is 0 Å². The van der Waals surface area contributed by atoms with Crippen molar-refractivity contribution in [2.45, 2.75) is 44.3 Å². The summed E-state index contributed by atoms with van der Waals surface area (Å²) in [4.78, 5) is 5.32. The maximum Gasteiger partial charge on any atom is 0.392 e. The minimum absolute atomic E-state index is 0.0117. The van der Waals surface area contributed by atoms with Gasteiger partial charge in [-0.2, -0.15) is 18.3 Å². The molecule has 2 aliphatic carbocycles. The SMILES string of the molecule is Cn1nccc1/C(=N\OCC1CC1C(F)(F)F)C1CCC(N)CC1. The molecule has 8 heteroatoms. The molecule has 2 unspecified atom stereocenters.